The van der Waals surface area contributed by atoms with Gasteiger partial charge in [-0.2, -0.15) is 0 Å². The number of esters is 1. The van der Waals surface area contributed by atoms with Gasteiger partial charge in [0.05, 0.1) is 19.4 Å². The molecule has 2 N–H and O–H groups in total. The van der Waals surface area contributed by atoms with Crippen molar-refractivity contribution in [2.75, 3.05) is 12.3 Å². The number of hydrogen-bond donors (Lipinski definition) is 1. The van der Waals surface area contributed by atoms with Crippen LogP contribution in [0.5, 0.6) is 0 Å². The highest BCUT2D eigenvalue weighted by molar-refractivity contribution is 5.80. The number of rotatable bonds is 7. The molecule has 0 amide bonds. The van der Waals surface area contributed by atoms with Crippen LogP contribution in [-0.2, 0) is 27.6 Å². The zero-order valence-electron chi connectivity index (χ0n) is 13.0. The SMILES string of the molecule is Nc1ncnc2c1ncn2COCCC(=O)OCc1ccccc1. The van der Waals surface area contributed by atoms with Gasteiger partial charge in [0.1, 0.15) is 25.2 Å². The average molecular weight is 327 g/mol. The molecule has 3 rings (SSSR count). The maximum atomic E-state index is 11.7. The van der Waals surface area contributed by atoms with E-state index in [4.69, 9.17) is 15.2 Å². The number of hydrogen-bond acceptors (Lipinski definition) is 7. The van der Waals surface area contributed by atoms with Crippen molar-refractivity contribution >= 4 is 23.0 Å². The number of nitrogens with two attached hydrogens (primary N) is 1. The molecular weight excluding hydrogens is 310 g/mol. The van der Waals surface area contributed by atoms with Crippen LogP contribution < -0.4 is 5.73 Å². The molecule has 124 valence electrons. The molecule has 8 heteroatoms. The van der Waals surface area contributed by atoms with Gasteiger partial charge in [0.15, 0.2) is 11.5 Å². The van der Waals surface area contributed by atoms with E-state index >= 15 is 0 Å². The molecule has 2 aromatic heterocycles. The molecule has 0 bridgehead atoms. The molecule has 0 radical (unpaired) electrons. The van der Waals surface area contributed by atoms with Crippen molar-refractivity contribution in [3.8, 4) is 0 Å². The van der Waals surface area contributed by atoms with E-state index in [0.717, 1.165) is 5.56 Å². The summed E-state index contributed by atoms with van der Waals surface area (Å²) in [6.07, 6.45) is 3.12. The Morgan fingerprint density at radius 3 is 2.83 bits per heavy atom. The number of anilines is 1. The van der Waals surface area contributed by atoms with E-state index in [2.05, 4.69) is 15.0 Å². The molecule has 0 aliphatic heterocycles. The molecule has 24 heavy (non-hydrogen) atoms. The highest BCUT2D eigenvalue weighted by Crippen LogP contribution is 2.13. The monoisotopic (exact) mass is 327 g/mol. The Kier molecular flexibility index (Phi) is 4.97. The molecular formula is C16H17N5O3. The van der Waals surface area contributed by atoms with Crippen molar-refractivity contribution in [3.63, 3.8) is 0 Å². The fraction of sp³-hybridized carbons (Fsp3) is 0.250. The van der Waals surface area contributed by atoms with Gasteiger partial charge in [-0.1, -0.05) is 30.3 Å². The summed E-state index contributed by atoms with van der Waals surface area (Å²) < 4.78 is 12.3. The minimum Gasteiger partial charge on any atom is -0.461 e. The minimum absolute atomic E-state index is 0.177. The van der Waals surface area contributed by atoms with Crippen molar-refractivity contribution in [2.24, 2.45) is 0 Å². The Morgan fingerprint density at radius 1 is 1.17 bits per heavy atom. The van der Waals surface area contributed by atoms with Gasteiger partial charge in [0.2, 0.25) is 0 Å². The second-order valence-corrected chi connectivity index (χ2v) is 5.08. The average Bonchev–Trinajstić information content (AvgIpc) is 3.02. The first-order valence-electron chi connectivity index (χ1n) is 7.42. The molecule has 0 aliphatic rings. The summed E-state index contributed by atoms with van der Waals surface area (Å²) in [7, 11) is 0. The van der Waals surface area contributed by atoms with Crippen molar-refractivity contribution in [1.82, 2.24) is 19.5 Å². The summed E-state index contributed by atoms with van der Waals surface area (Å²) in [5.74, 6) is 0.0177. The van der Waals surface area contributed by atoms with Crippen molar-refractivity contribution < 1.29 is 14.3 Å². The smallest absolute Gasteiger partial charge is 0.308 e. The molecule has 2 heterocycles. The van der Waals surface area contributed by atoms with E-state index in [0.29, 0.717) is 17.0 Å². The lowest BCUT2D eigenvalue weighted by Gasteiger charge is -2.07. The second-order valence-electron chi connectivity index (χ2n) is 5.08. The Labute approximate surface area is 138 Å². The minimum atomic E-state index is -0.305. The molecule has 8 nitrogen and oxygen atoms in total. The molecule has 0 spiro atoms. The lowest BCUT2D eigenvalue weighted by Crippen LogP contribution is -2.10. The molecule has 0 atom stereocenters. The lowest BCUT2D eigenvalue weighted by atomic mass is 10.2. The normalized spacial score (nSPS) is 10.8. The number of fused-ring (bicyclic) bond motifs is 1. The summed E-state index contributed by atoms with van der Waals surface area (Å²) in [6, 6.07) is 9.52. The molecule has 0 saturated carbocycles. The van der Waals surface area contributed by atoms with E-state index < -0.39 is 0 Å². The third kappa shape index (κ3) is 3.85. The lowest BCUT2D eigenvalue weighted by molar-refractivity contribution is -0.146. The van der Waals surface area contributed by atoms with Crippen LogP contribution in [0.2, 0.25) is 0 Å². The molecule has 0 unspecified atom stereocenters. The van der Waals surface area contributed by atoms with Gasteiger partial charge in [-0.15, -0.1) is 0 Å². The van der Waals surface area contributed by atoms with Crippen LogP contribution in [0.25, 0.3) is 11.2 Å². The van der Waals surface area contributed by atoms with Gasteiger partial charge in [-0.05, 0) is 5.56 Å². The van der Waals surface area contributed by atoms with E-state index in [1.54, 1.807) is 10.9 Å². The quantitative estimate of drug-likeness (QED) is 0.518. The predicted molar refractivity (Wildman–Crippen MR) is 86.5 cm³/mol. The third-order valence-electron chi connectivity index (χ3n) is 3.35. The van der Waals surface area contributed by atoms with Gasteiger partial charge >= 0.3 is 5.97 Å². The van der Waals surface area contributed by atoms with Crippen LogP contribution in [0.1, 0.15) is 12.0 Å². The molecule has 0 aliphatic carbocycles. The van der Waals surface area contributed by atoms with E-state index in [-0.39, 0.29) is 32.3 Å². The number of carbonyl (C=O) groups is 1. The highest BCUT2D eigenvalue weighted by atomic mass is 16.5. The number of nitrogens with zero attached hydrogens (tertiary/aromatic N) is 4. The molecule has 1 aromatic carbocycles. The molecule has 0 saturated heterocycles. The number of benzene rings is 1. The number of carbonyl (C=O) groups excluding carboxylic acids is 1. The van der Waals surface area contributed by atoms with Crippen LogP contribution in [0, 0.1) is 0 Å². The maximum absolute atomic E-state index is 11.7. The third-order valence-corrected chi connectivity index (χ3v) is 3.35. The van der Waals surface area contributed by atoms with Crippen LogP contribution >= 0.6 is 0 Å². The zero-order valence-corrected chi connectivity index (χ0v) is 13.0. The Balaban J connectivity index is 1.41. The molecule has 0 fully saturated rings. The van der Waals surface area contributed by atoms with Crippen molar-refractivity contribution in [2.45, 2.75) is 19.8 Å². The fourth-order valence-corrected chi connectivity index (χ4v) is 2.12. The number of imidazole rings is 1. The molecule has 3 aromatic rings. The van der Waals surface area contributed by atoms with Gasteiger partial charge in [-0.3, -0.25) is 9.36 Å². The summed E-state index contributed by atoms with van der Waals surface area (Å²) in [5.41, 5.74) is 7.79. The Hall–Kier alpha value is -3.00. The van der Waals surface area contributed by atoms with Gasteiger partial charge in [-0.25, -0.2) is 15.0 Å². The first-order valence-corrected chi connectivity index (χ1v) is 7.42. The largest absolute Gasteiger partial charge is 0.461 e. The van der Waals surface area contributed by atoms with Gasteiger partial charge < -0.3 is 15.2 Å². The van der Waals surface area contributed by atoms with Crippen LogP contribution in [-0.4, -0.2) is 32.1 Å². The van der Waals surface area contributed by atoms with Crippen LogP contribution in [0.4, 0.5) is 5.82 Å². The summed E-state index contributed by atoms with van der Waals surface area (Å²) in [6.45, 7) is 0.731. The van der Waals surface area contributed by atoms with Gasteiger partial charge in [0, 0.05) is 0 Å². The number of aromatic nitrogens is 4. The number of nitrogen functional groups attached to an aromatic ring is 1. The van der Waals surface area contributed by atoms with E-state index in [1.807, 2.05) is 30.3 Å². The van der Waals surface area contributed by atoms with Crippen LogP contribution in [0.15, 0.2) is 43.0 Å². The van der Waals surface area contributed by atoms with E-state index in [9.17, 15) is 4.79 Å². The predicted octanol–water partition coefficient (Wildman–Crippen LogP) is 1.52. The topological polar surface area (TPSA) is 105 Å². The zero-order chi connectivity index (χ0) is 16.8. The van der Waals surface area contributed by atoms with Crippen molar-refractivity contribution in [1.29, 1.82) is 0 Å². The summed E-state index contributed by atoms with van der Waals surface area (Å²) in [5, 5.41) is 0. The fourth-order valence-electron chi connectivity index (χ4n) is 2.12. The van der Waals surface area contributed by atoms with Crippen LogP contribution in [0.3, 0.4) is 0 Å². The summed E-state index contributed by atoms with van der Waals surface area (Å²) in [4.78, 5) is 23.8. The number of ether oxygens (including phenoxy) is 2. The Morgan fingerprint density at radius 2 is 2.00 bits per heavy atom. The maximum Gasteiger partial charge on any atom is 0.308 e. The first-order chi connectivity index (χ1) is 11.7. The Bertz CT molecular complexity index is 819. The first kappa shape index (κ1) is 15.9. The standard InChI is InChI=1S/C16H17N5O3/c17-15-14-16(19-9-18-15)21(10-20-14)11-23-7-6-13(22)24-8-12-4-2-1-3-5-12/h1-5,9-10H,6-8,11H2,(H2,17,18,19). The van der Waals surface area contributed by atoms with Gasteiger partial charge in [0.25, 0.3) is 0 Å². The van der Waals surface area contributed by atoms with Crippen molar-refractivity contribution in [3.05, 3.63) is 48.5 Å². The van der Waals surface area contributed by atoms with E-state index in [1.165, 1.54) is 6.33 Å². The highest BCUT2D eigenvalue weighted by Gasteiger charge is 2.08. The summed E-state index contributed by atoms with van der Waals surface area (Å²) >= 11 is 0. The second kappa shape index (κ2) is 7.51.